The molecule has 3 rings (SSSR count). The number of Topliss-reactive ketones (excluding diaryl/α,β-unsaturated/α-hetero) is 1. The Balaban J connectivity index is 2.14. The molecule has 1 unspecified atom stereocenters. The van der Waals surface area contributed by atoms with E-state index < -0.39 is 17.7 Å². The number of phenolic OH excluding ortho intramolecular Hbond substituents is 1. The van der Waals surface area contributed by atoms with Crippen molar-refractivity contribution in [2.24, 2.45) is 0 Å². The fourth-order valence-corrected chi connectivity index (χ4v) is 3.84. The number of carbonyl (C=O) groups is 2. The number of ether oxygens (including phenoxy) is 1. The number of phenols is 1. The number of carbonyl (C=O) groups excluding carboxylic acids is 2. The van der Waals surface area contributed by atoms with Crippen LogP contribution in [0.25, 0.3) is 5.76 Å². The molecule has 0 saturated carbocycles. The zero-order chi connectivity index (χ0) is 22.7. The van der Waals surface area contributed by atoms with E-state index in [1.54, 1.807) is 24.3 Å². The molecule has 2 N–H and O–H groups in total. The lowest BCUT2D eigenvalue weighted by Crippen LogP contribution is -2.32. The first-order valence-electron chi connectivity index (χ1n) is 9.80. The van der Waals surface area contributed by atoms with E-state index in [4.69, 9.17) is 16.3 Å². The molecule has 0 aromatic heterocycles. The van der Waals surface area contributed by atoms with Crippen LogP contribution in [-0.2, 0) is 9.59 Å². The summed E-state index contributed by atoms with van der Waals surface area (Å²) in [6, 6.07) is 10.1. The molecule has 1 fully saturated rings. The topological polar surface area (TPSA) is 90.3 Å². The van der Waals surface area contributed by atoms with E-state index >= 15 is 0 Å². The zero-order valence-electron chi connectivity index (χ0n) is 17.6. The SMILES string of the molecule is COc1ccc(Cl)c(/C(O)=C2\C(=O)C(=O)N(CCCN(C)C)C2c2ccc(O)cc2)c1. The van der Waals surface area contributed by atoms with Crippen molar-refractivity contribution in [3.05, 3.63) is 64.2 Å². The summed E-state index contributed by atoms with van der Waals surface area (Å²) in [5.41, 5.74) is 0.759. The third-order valence-electron chi connectivity index (χ3n) is 5.18. The summed E-state index contributed by atoms with van der Waals surface area (Å²) in [6.07, 6.45) is 0.647. The van der Waals surface area contributed by atoms with Gasteiger partial charge in [-0.05, 0) is 63.0 Å². The van der Waals surface area contributed by atoms with Crippen molar-refractivity contribution >= 4 is 29.1 Å². The van der Waals surface area contributed by atoms with Gasteiger partial charge in [-0.15, -0.1) is 0 Å². The lowest BCUT2D eigenvalue weighted by molar-refractivity contribution is -0.139. The first-order valence-corrected chi connectivity index (χ1v) is 10.2. The van der Waals surface area contributed by atoms with Gasteiger partial charge in [-0.25, -0.2) is 0 Å². The van der Waals surface area contributed by atoms with Gasteiger partial charge in [0.25, 0.3) is 11.7 Å². The van der Waals surface area contributed by atoms with Crippen molar-refractivity contribution in [1.29, 1.82) is 0 Å². The van der Waals surface area contributed by atoms with Gasteiger partial charge in [0.2, 0.25) is 0 Å². The molecular formula is C23H25ClN2O5. The minimum absolute atomic E-state index is 0.0457. The van der Waals surface area contributed by atoms with Gasteiger partial charge in [-0.3, -0.25) is 9.59 Å². The van der Waals surface area contributed by atoms with E-state index in [1.807, 2.05) is 19.0 Å². The predicted octanol–water partition coefficient (Wildman–Crippen LogP) is 3.43. The number of aromatic hydroxyl groups is 1. The molecule has 0 spiro atoms. The van der Waals surface area contributed by atoms with E-state index in [0.717, 1.165) is 6.54 Å². The van der Waals surface area contributed by atoms with Gasteiger partial charge in [0.15, 0.2) is 0 Å². The fraction of sp³-hybridized carbons (Fsp3) is 0.304. The lowest BCUT2D eigenvalue weighted by Gasteiger charge is -2.26. The number of nitrogens with zero attached hydrogens (tertiary/aromatic N) is 2. The fourth-order valence-electron chi connectivity index (χ4n) is 3.63. The molecule has 1 atom stereocenters. The molecule has 1 amide bonds. The second-order valence-corrected chi connectivity index (χ2v) is 7.99. The number of methoxy groups -OCH3 is 1. The Morgan fingerprint density at radius 3 is 2.45 bits per heavy atom. The first kappa shape index (κ1) is 22.7. The molecule has 1 aliphatic heterocycles. The lowest BCUT2D eigenvalue weighted by atomic mass is 9.95. The Bertz CT molecular complexity index is 1020. The predicted molar refractivity (Wildman–Crippen MR) is 118 cm³/mol. The van der Waals surface area contributed by atoms with Crippen LogP contribution in [0, 0.1) is 0 Å². The van der Waals surface area contributed by atoms with Crippen molar-refractivity contribution < 1.29 is 24.5 Å². The molecule has 31 heavy (non-hydrogen) atoms. The Hall–Kier alpha value is -3.03. The van der Waals surface area contributed by atoms with Gasteiger partial charge in [0, 0.05) is 12.1 Å². The van der Waals surface area contributed by atoms with Crippen LogP contribution in [0.1, 0.15) is 23.6 Å². The number of halogens is 1. The van der Waals surface area contributed by atoms with Crippen molar-refractivity contribution in [3.8, 4) is 11.5 Å². The van der Waals surface area contributed by atoms with Crippen molar-refractivity contribution in [1.82, 2.24) is 9.80 Å². The standard InChI is InChI=1S/C23H25ClN2O5/c1-25(2)11-4-12-26-20(14-5-7-15(27)8-6-14)19(22(29)23(26)30)21(28)17-13-16(31-3)9-10-18(17)24/h5-10,13,20,27-28H,4,11-12H2,1-3H3/b21-19+. The molecule has 2 aromatic rings. The normalized spacial score (nSPS) is 18.1. The zero-order valence-corrected chi connectivity index (χ0v) is 18.4. The minimum atomic E-state index is -0.801. The number of likely N-dealkylation sites (tertiary alicyclic amines) is 1. The number of ketones is 1. The van der Waals surface area contributed by atoms with E-state index in [9.17, 15) is 19.8 Å². The van der Waals surface area contributed by atoms with Gasteiger partial charge >= 0.3 is 0 Å². The number of hydrogen-bond acceptors (Lipinski definition) is 6. The smallest absolute Gasteiger partial charge is 0.295 e. The third kappa shape index (κ3) is 4.68. The average molecular weight is 445 g/mol. The van der Waals surface area contributed by atoms with E-state index in [-0.39, 0.29) is 27.7 Å². The monoisotopic (exact) mass is 444 g/mol. The number of aliphatic hydroxyl groups excluding tert-OH is 1. The quantitative estimate of drug-likeness (QED) is 0.386. The summed E-state index contributed by atoms with van der Waals surface area (Å²) in [4.78, 5) is 29.3. The van der Waals surface area contributed by atoms with E-state index in [2.05, 4.69) is 0 Å². The molecule has 164 valence electrons. The summed E-state index contributed by atoms with van der Waals surface area (Å²) in [5.74, 6) is -1.32. The molecule has 2 aromatic carbocycles. The summed E-state index contributed by atoms with van der Waals surface area (Å²) >= 11 is 6.28. The summed E-state index contributed by atoms with van der Waals surface area (Å²) in [7, 11) is 5.33. The second-order valence-electron chi connectivity index (χ2n) is 7.59. The van der Waals surface area contributed by atoms with Crippen LogP contribution >= 0.6 is 11.6 Å². The second kappa shape index (κ2) is 9.41. The van der Waals surface area contributed by atoms with Crippen LogP contribution in [0.2, 0.25) is 5.02 Å². The van der Waals surface area contributed by atoms with Crippen LogP contribution in [0.15, 0.2) is 48.0 Å². The maximum absolute atomic E-state index is 13.0. The summed E-state index contributed by atoms with van der Waals surface area (Å²) < 4.78 is 5.20. The van der Waals surface area contributed by atoms with Gasteiger partial charge < -0.3 is 24.7 Å². The Labute approximate surface area is 186 Å². The maximum Gasteiger partial charge on any atom is 0.295 e. The molecule has 0 aliphatic carbocycles. The van der Waals surface area contributed by atoms with E-state index in [0.29, 0.717) is 24.3 Å². The third-order valence-corrected chi connectivity index (χ3v) is 5.51. The van der Waals surface area contributed by atoms with Crippen LogP contribution < -0.4 is 4.74 Å². The highest BCUT2D eigenvalue weighted by Crippen LogP contribution is 2.41. The largest absolute Gasteiger partial charge is 0.508 e. The molecule has 0 bridgehead atoms. The highest BCUT2D eigenvalue weighted by Gasteiger charge is 2.46. The van der Waals surface area contributed by atoms with Crippen LogP contribution in [0.5, 0.6) is 11.5 Å². The van der Waals surface area contributed by atoms with Gasteiger partial charge in [-0.2, -0.15) is 0 Å². The number of aliphatic hydroxyl groups is 1. The minimum Gasteiger partial charge on any atom is -0.508 e. The van der Waals surface area contributed by atoms with Crippen molar-refractivity contribution in [2.75, 3.05) is 34.3 Å². The molecule has 8 heteroatoms. The number of amides is 1. The average Bonchev–Trinajstić information content (AvgIpc) is 2.99. The van der Waals surface area contributed by atoms with Crippen molar-refractivity contribution in [3.63, 3.8) is 0 Å². The summed E-state index contributed by atoms with van der Waals surface area (Å²) in [6.45, 7) is 1.06. The molecular weight excluding hydrogens is 420 g/mol. The number of rotatable bonds is 7. The summed E-state index contributed by atoms with van der Waals surface area (Å²) in [5, 5.41) is 21.0. The highest BCUT2D eigenvalue weighted by molar-refractivity contribution is 6.47. The van der Waals surface area contributed by atoms with Gasteiger partial charge in [0.1, 0.15) is 17.3 Å². The maximum atomic E-state index is 13.0. The number of benzene rings is 2. The van der Waals surface area contributed by atoms with Crippen molar-refractivity contribution in [2.45, 2.75) is 12.5 Å². The Morgan fingerprint density at radius 1 is 1.16 bits per heavy atom. The Morgan fingerprint density at radius 2 is 1.84 bits per heavy atom. The Kier molecular flexibility index (Phi) is 6.87. The molecule has 1 saturated heterocycles. The molecule has 1 aliphatic rings. The van der Waals surface area contributed by atoms with Gasteiger partial charge in [-0.1, -0.05) is 23.7 Å². The first-order chi connectivity index (χ1) is 14.7. The van der Waals surface area contributed by atoms with Crippen LogP contribution in [0.3, 0.4) is 0 Å². The van der Waals surface area contributed by atoms with Gasteiger partial charge in [0.05, 0.1) is 23.7 Å². The molecule has 0 radical (unpaired) electrons. The van der Waals surface area contributed by atoms with Crippen LogP contribution in [0.4, 0.5) is 0 Å². The van der Waals surface area contributed by atoms with Crippen LogP contribution in [-0.4, -0.2) is 66.0 Å². The van der Waals surface area contributed by atoms with E-state index in [1.165, 1.54) is 30.2 Å². The molecule has 1 heterocycles. The molecule has 7 nitrogen and oxygen atoms in total. The number of hydrogen-bond donors (Lipinski definition) is 2. The highest BCUT2D eigenvalue weighted by atomic mass is 35.5.